The molecule has 2 amide bonds. The van der Waals surface area contributed by atoms with Gasteiger partial charge in [-0.05, 0) is 30.0 Å². The molecule has 2 aromatic rings. The fourth-order valence-electron chi connectivity index (χ4n) is 2.87. The van der Waals surface area contributed by atoms with E-state index in [1.807, 2.05) is 34.5 Å². The van der Waals surface area contributed by atoms with Crippen LogP contribution in [0, 0.1) is 0 Å². The number of benzene rings is 1. The second-order valence-electron chi connectivity index (χ2n) is 5.62. The number of thiophene rings is 1. The Morgan fingerprint density at radius 3 is 2.33 bits per heavy atom. The Morgan fingerprint density at radius 1 is 0.958 bits per heavy atom. The minimum absolute atomic E-state index is 0.0436. The van der Waals surface area contributed by atoms with E-state index in [1.165, 1.54) is 11.3 Å². The summed E-state index contributed by atoms with van der Waals surface area (Å²) in [5, 5.41) is 1.91. The van der Waals surface area contributed by atoms with Crippen molar-refractivity contribution in [3.05, 3.63) is 52.2 Å². The number of methoxy groups -OCH3 is 1. The Morgan fingerprint density at radius 2 is 1.67 bits per heavy atom. The normalized spacial score (nSPS) is 15.0. The largest absolute Gasteiger partial charge is 0.496 e. The predicted molar refractivity (Wildman–Crippen MR) is 93.7 cm³/mol. The fraction of sp³-hybridized carbons (Fsp3) is 0.333. The van der Waals surface area contributed by atoms with Crippen LogP contribution < -0.4 is 4.74 Å². The van der Waals surface area contributed by atoms with Crippen LogP contribution in [0.1, 0.15) is 26.5 Å². The molecular weight excluding hydrogens is 324 g/mol. The lowest BCUT2D eigenvalue weighted by Crippen LogP contribution is -2.37. The van der Waals surface area contributed by atoms with Crippen molar-refractivity contribution in [2.75, 3.05) is 33.3 Å². The standard InChI is InChI=1S/C18H20N2O3S/c1-23-15-7-3-2-6-14(15)17(21)19-9-5-10-20(12-11-19)18(22)16-8-4-13-24-16/h2-4,6-8,13H,5,9-12H2,1H3. The summed E-state index contributed by atoms with van der Waals surface area (Å²) >= 11 is 1.45. The van der Waals surface area contributed by atoms with Crippen LogP contribution in [0.4, 0.5) is 0 Å². The quantitative estimate of drug-likeness (QED) is 0.860. The van der Waals surface area contributed by atoms with Crippen LogP contribution in [-0.2, 0) is 0 Å². The Labute approximate surface area is 145 Å². The van der Waals surface area contributed by atoms with E-state index in [1.54, 1.807) is 24.1 Å². The van der Waals surface area contributed by atoms with Crippen LogP contribution in [0.3, 0.4) is 0 Å². The molecule has 0 N–H and O–H groups in total. The molecule has 1 aromatic carbocycles. The minimum Gasteiger partial charge on any atom is -0.496 e. The monoisotopic (exact) mass is 344 g/mol. The number of ether oxygens (including phenoxy) is 1. The zero-order chi connectivity index (χ0) is 16.9. The summed E-state index contributed by atoms with van der Waals surface area (Å²) in [6, 6.07) is 11.0. The minimum atomic E-state index is -0.0436. The molecule has 1 saturated heterocycles. The lowest BCUT2D eigenvalue weighted by molar-refractivity contribution is 0.0719. The molecule has 0 aliphatic carbocycles. The van der Waals surface area contributed by atoms with Crippen LogP contribution in [-0.4, -0.2) is 54.9 Å². The third-order valence-electron chi connectivity index (χ3n) is 4.14. The average Bonchev–Trinajstić information content (AvgIpc) is 3.05. The summed E-state index contributed by atoms with van der Waals surface area (Å²) in [7, 11) is 1.57. The van der Waals surface area contributed by atoms with Crippen molar-refractivity contribution in [2.45, 2.75) is 6.42 Å². The summed E-state index contributed by atoms with van der Waals surface area (Å²) in [5.41, 5.74) is 0.568. The highest BCUT2D eigenvalue weighted by atomic mass is 32.1. The maximum atomic E-state index is 12.8. The molecule has 2 heterocycles. The Hall–Kier alpha value is -2.34. The van der Waals surface area contributed by atoms with Gasteiger partial charge in [0.05, 0.1) is 17.6 Å². The predicted octanol–water partition coefficient (Wildman–Crippen LogP) is 2.75. The number of carbonyl (C=O) groups is 2. The Bertz CT molecular complexity index is 715. The van der Waals surface area contributed by atoms with Crippen LogP contribution in [0.5, 0.6) is 5.75 Å². The molecule has 126 valence electrons. The summed E-state index contributed by atoms with van der Waals surface area (Å²) in [5.74, 6) is 0.590. The van der Waals surface area contributed by atoms with Gasteiger partial charge in [-0.3, -0.25) is 9.59 Å². The fourth-order valence-corrected chi connectivity index (χ4v) is 3.56. The molecule has 1 aliphatic heterocycles. The summed E-state index contributed by atoms with van der Waals surface area (Å²) in [6.07, 6.45) is 0.776. The Kier molecular flexibility index (Phi) is 5.15. The van der Waals surface area contributed by atoms with Crippen LogP contribution in [0.25, 0.3) is 0 Å². The molecule has 5 nitrogen and oxygen atoms in total. The third-order valence-corrected chi connectivity index (χ3v) is 5.00. The van der Waals surface area contributed by atoms with Crippen LogP contribution >= 0.6 is 11.3 Å². The number of hydrogen-bond acceptors (Lipinski definition) is 4. The second-order valence-corrected chi connectivity index (χ2v) is 6.56. The Balaban J connectivity index is 1.69. The zero-order valence-electron chi connectivity index (χ0n) is 13.6. The molecule has 0 saturated carbocycles. The molecule has 0 atom stereocenters. The van der Waals surface area contributed by atoms with Gasteiger partial charge in [0.2, 0.25) is 0 Å². The van der Waals surface area contributed by atoms with E-state index in [4.69, 9.17) is 4.74 Å². The summed E-state index contributed by atoms with van der Waals surface area (Å²) in [4.78, 5) is 29.6. The van der Waals surface area contributed by atoms with Gasteiger partial charge in [0.15, 0.2) is 0 Å². The molecule has 1 fully saturated rings. The van der Waals surface area contributed by atoms with Crippen molar-refractivity contribution in [1.82, 2.24) is 9.80 Å². The van der Waals surface area contributed by atoms with E-state index in [0.29, 0.717) is 37.5 Å². The molecule has 3 rings (SSSR count). The lowest BCUT2D eigenvalue weighted by Gasteiger charge is -2.22. The molecular formula is C18H20N2O3S. The molecule has 0 spiro atoms. The first-order valence-electron chi connectivity index (χ1n) is 7.96. The number of rotatable bonds is 3. The van der Waals surface area contributed by atoms with Crippen molar-refractivity contribution >= 4 is 23.2 Å². The maximum absolute atomic E-state index is 12.8. The van der Waals surface area contributed by atoms with E-state index in [2.05, 4.69) is 0 Å². The number of para-hydroxylation sites is 1. The van der Waals surface area contributed by atoms with E-state index in [-0.39, 0.29) is 11.8 Å². The van der Waals surface area contributed by atoms with Crippen LogP contribution in [0.15, 0.2) is 41.8 Å². The number of hydrogen-bond donors (Lipinski definition) is 0. The molecule has 24 heavy (non-hydrogen) atoms. The number of amides is 2. The molecule has 6 heteroatoms. The lowest BCUT2D eigenvalue weighted by atomic mass is 10.1. The average molecular weight is 344 g/mol. The number of carbonyl (C=O) groups excluding carboxylic acids is 2. The van der Waals surface area contributed by atoms with E-state index < -0.39 is 0 Å². The van der Waals surface area contributed by atoms with E-state index in [0.717, 1.165) is 11.3 Å². The van der Waals surface area contributed by atoms with Gasteiger partial charge in [-0.1, -0.05) is 18.2 Å². The third kappa shape index (κ3) is 3.43. The smallest absolute Gasteiger partial charge is 0.263 e. The summed E-state index contributed by atoms with van der Waals surface area (Å²) in [6.45, 7) is 2.41. The van der Waals surface area contributed by atoms with Crippen molar-refractivity contribution in [1.29, 1.82) is 0 Å². The first-order valence-corrected chi connectivity index (χ1v) is 8.83. The van der Waals surface area contributed by atoms with Gasteiger partial charge in [-0.25, -0.2) is 0 Å². The highest BCUT2D eigenvalue weighted by Gasteiger charge is 2.25. The van der Waals surface area contributed by atoms with Gasteiger partial charge in [-0.2, -0.15) is 0 Å². The summed E-state index contributed by atoms with van der Waals surface area (Å²) < 4.78 is 5.29. The molecule has 0 radical (unpaired) electrons. The SMILES string of the molecule is COc1ccccc1C(=O)N1CCCN(C(=O)c2cccs2)CC1. The van der Waals surface area contributed by atoms with Crippen molar-refractivity contribution in [3.8, 4) is 5.75 Å². The van der Waals surface area contributed by atoms with E-state index >= 15 is 0 Å². The first-order chi connectivity index (χ1) is 11.7. The van der Waals surface area contributed by atoms with Crippen molar-refractivity contribution in [3.63, 3.8) is 0 Å². The van der Waals surface area contributed by atoms with E-state index in [9.17, 15) is 9.59 Å². The first kappa shape index (κ1) is 16.5. The van der Waals surface area contributed by atoms with Gasteiger partial charge < -0.3 is 14.5 Å². The van der Waals surface area contributed by atoms with Crippen molar-refractivity contribution < 1.29 is 14.3 Å². The zero-order valence-corrected chi connectivity index (χ0v) is 14.4. The van der Waals surface area contributed by atoms with Gasteiger partial charge in [-0.15, -0.1) is 11.3 Å². The van der Waals surface area contributed by atoms with Gasteiger partial charge >= 0.3 is 0 Å². The molecule has 0 unspecified atom stereocenters. The topological polar surface area (TPSA) is 49.9 Å². The highest BCUT2D eigenvalue weighted by molar-refractivity contribution is 7.12. The molecule has 1 aliphatic rings. The molecule has 0 bridgehead atoms. The van der Waals surface area contributed by atoms with Gasteiger partial charge in [0.25, 0.3) is 11.8 Å². The van der Waals surface area contributed by atoms with Crippen molar-refractivity contribution in [2.24, 2.45) is 0 Å². The van der Waals surface area contributed by atoms with Gasteiger partial charge in [0, 0.05) is 26.2 Å². The highest BCUT2D eigenvalue weighted by Crippen LogP contribution is 2.21. The van der Waals surface area contributed by atoms with Gasteiger partial charge in [0.1, 0.15) is 5.75 Å². The van der Waals surface area contributed by atoms with Crippen LogP contribution in [0.2, 0.25) is 0 Å². The second kappa shape index (κ2) is 7.49. The maximum Gasteiger partial charge on any atom is 0.263 e. The molecule has 1 aromatic heterocycles. The number of nitrogens with zero attached hydrogens (tertiary/aromatic N) is 2.